The van der Waals surface area contributed by atoms with Crippen LogP contribution in [0.4, 0.5) is 5.69 Å². The third-order valence-corrected chi connectivity index (χ3v) is 6.60. The molecule has 0 spiro atoms. The molecule has 1 amide bonds. The van der Waals surface area contributed by atoms with Crippen molar-refractivity contribution in [1.82, 2.24) is 4.31 Å². The van der Waals surface area contributed by atoms with Gasteiger partial charge in [-0.1, -0.05) is 23.8 Å². The second-order valence-electron chi connectivity index (χ2n) is 5.28. The number of anilines is 1. The number of nitrogens with zero attached hydrogens (tertiary/aromatic N) is 1. The summed E-state index contributed by atoms with van der Waals surface area (Å²) in [6.07, 6.45) is 0.747. The van der Waals surface area contributed by atoms with Gasteiger partial charge >= 0.3 is 0 Å². The summed E-state index contributed by atoms with van der Waals surface area (Å²) in [5, 5.41) is 4.54. The van der Waals surface area contributed by atoms with Gasteiger partial charge in [0.1, 0.15) is 4.21 Å². The molecule has 0 saturated heterocycles. The van der Waals surface area contributed by atoms with Crippen molar-refractivity contribution in [2.75, 3.05) is 18.9 Å². The summed E-state index contributed by atoms with van der Waals surface area (Å²) in [6.45, 7) is 2.29. The molecule has 1 aromatic carbocycles. The average Bonchev–Trinajstić information content (AvgIpc) is 3.04. The molecule has 1 N–H and O–H groups in total. The lowest BCUT2D eigenvalue weighted by Gasteiger charge is -2.15. The Balaban J connectivity index is 1.80. The first-order valence-corrected chi connectivity index (χ1v) is 9.58. The zero-order valence-electron chi connectivity index (χ0n) is 13.2. The minimum absolute atomic E-state index is 0.115. The van der Waals surface area contributed by atoms with Crippen LogP contribution in [0.15, 0.2) is 46.0 Å². The highest BCUT2D eigenvalue weighted by Gasteiger charge is 2.21. The van der Waals surface area contributed by atoms with Crippen LogP contribution in [-0.4, -0.2) is 32.2 Å². The number of amides is 1. The molecule has 0 aliphatic carbocycles. The van der Waals surface area contributed by atoms with E-state index in [2.05, 4.69) is 5.32 Å². The molecule has 2 aromatic rings. The Bertz CT molecular complexity index is 738. The molecule has 0 aliphatic heterocycles. The highest BCUT2D eigenvalue weighted by Crippen LogP contribution is 2.20. The number of sulfonamides is 1. The maximum absolute atomic E-state index is 12.2. The molecule has 0 unspecified atom stereocenters. The second kappa shape index (κ2) is 7.72. The number of thiophene rings is 1. The topological polar surface area (TPSA) is 66.5 Å². The zero-order valence-corrected chi connectivity index (χ0v) is 14.8. The van der Waals surface area contributed by atoms with E-state index in [1.54, 1.807) is 17.5 Å². The number of rotatable bonds is 7. The van der Waals surface area contributed by atoms with Crippen molar-refractivity contribution in [3.8, 4) is 0 Å². The monoisotopic (exact) mass is 352 g/mol. The Morgan fingerprint density at radius 3 is 2.52 bits per heavy atom. The third-order valence-electron chi connectivity index (χ3n) is 3.37. The van der Waals surface area contributed by atoms with E-state index in [0.717, 1.165) is 11.3 Å². The lowest BCUT2D eigenvalue weighted by Crippen LogP contribution is -2.28. The summed E-state index contributed by atoms with van der Waals surface area (Å²) < 4.78 is 26.1. The van der Waals surface area contributed by atoms with Crippen LogP contribution in [0.1, 0.15) is 18.4 Å². The summed E-state index contributed by atoms with van der Waals surface area (Å²) in [7, 11) is -1.90. The number of carbonyl (C=O) groups is 1. The Morgan fingerprint density at radius 1 is 1.22 bits per heavy atom. The molecule has 2 rings (SSSR count). The number of aryl methyl sites for hydroxylation is 1. The van der Waals surface area contributed by atoms with Crippen LogP contribution in [0, 0.1) is 6.92 Å². The van der Waals surface area contributed by atoms with Gasteiger partial charge in [0, 0.05) is 25.7 Å². The Hall–Kier alpha value is -1.70. The van der Waals surface area contributed by atoms with Crippen LogP contribution >= 0.6 is 11.3 Å². The van der Waals surface area contributed by atoms with E-state index < -0.39 is 10.0 Å². The second-order valence-corrected chi connectivity index (χ2v) is 8.50. The lowest BCUT2D eigenvalue weighted by molar-refractivity contribution is -0.116. The predicted molar refractivity (Wildman–Crippen MR) is 93.2 cm³/mol. The van der Waals surface area contributed by atoms with Gasteiger partial charge in [0.2, 0.25) is 5.91 Å². The van der Waals surface area contributed by atoms with Gasteiger partial charge in [-0.05, 0) is 36.9 Å². The minimum Gasteiger partial charge on any atom is -0.326 e. The molecule has 0 aliphatic rings. The average molecular weight is 352 g/mol. The first-order valence-electron chi connectivity index (χ1n) is 7.26. The highest BCUT2D eigenvalue weighted by atomic mass is 32.2. The van der Waals surface area contributed by atoms with E-state index in [9.17, 15) is 13.2 Å². The van der Waals surface area contributed by atoms with Gasteiger partial charge in [-0.3, -0.25) is 4.79 Å². The standard InChI is InChI=1S/C16H20N2O3S2/c1-13-7-9-14(10-8-13)17-15(19)5-3-11-18(2)23(20,21)16-6-4-12-22-16/h4,6-10,12H,3,5,11H2,1-2H3,(H,17,19). The van der Waals surface area contributed by atoms with Gasteiger partial charge < -0.3 is 5.32 Å². The fourth-order valence-electron chi connectivity index (χ4n) is 2.01. The van der Waals surface area contributed by atoms with E-state index in [-0.39, 0.29) is 12.3 Å². The maximum Gasteiger partial charge on any atom is 0.252 e. The quantitative estimate of drug-likeness (QED) is 0.833. The van der Waals surface area contributed by atoms with Gasteiger partial charge in [0.05, 0.1) is 0 Å². The SMILES string of the molecule is Cc1ccc(NC(=O)CCCN(C)S(=O)(=O)c2cccs2)cc1. The normalized spacial score (nSPS) is 11.6. The Morgan fingerprint density at radius 2 is 1.91 bits per heavy atom. The molecule has 124 valence electrons. The van der Waals surface area contributed by atoms with Crippen LogP contribution in [0.3, 0.4) is 0 Å². The summed E-state index contributed by atoms with van der Waals surface area (Å²) in [5.41, 5.74) is 1.88. The van der Waals surface area contributed by atoms with Crippen LogP contribution in [0.5, 0.6) is 0 Å². The predicted octanol–water partition coefficient (Wildman–Crippen LogP) is 3.10. The molecule has 1 aromatic heterocycles. The minimum atomic E-state index is -3.44. The lowest BCUT2D eigenvalue weighted by atomic mass is 10.2. The maximum atomic E-state index is 12.2. The van der Waals surface area contributed by atoms with Gasteiger partial charge in [-0.2, -0.15) is 0 Å². The van der Waals surface area contributed by atoms with E-state index >= 15 is 0 Å². The van der Waals surface area contributed by atoms with Crippen molar-refractivity contribution in [3.63, 3.8) is 0 Å². The fourth-order valence-corrected chi connectivity index (χ4v) is 4.42. The Kier molecular flexibility index (Phi) is 5.92. The molecule has 0 fully saturated rings. The number of benzene rings is 1. The molecule has 0 atom stereocenters. The van der Waals surface area contributed by atoms with E-state index in [0.29, 0.717) is 17.2 Å². The first-order chi connectivity index (χ1) is 10.9. The summed E-state index contributed by atoms with van der Waals surface area (Å²) in [5.74, 6) is -0.115. The van der Waals surface area contributed by atoms with Crippen molar-refractivity contribution < 1.29 is 13.2 Å². The molecule has 0 saturated carbocycles. The molecule has 5 nitrogen and oxygen atoms in total. The summed E-state index contributed by atoms with van der Waals surface area (Å²) in [4.78, 5) is 11.9. The molecule has 7 heteroatoms. The molecular formula is C16H20N2O3S2. The van der Waals surface area contributed by atoms with Crippen LogP contribution in [-0.2, 0) is 14.8 Å². The molecule has 0 bridgehead atoms. The smallest absolute Gasteiger partial charge is 0.252 e. The Labute approximate surface area is 141 Å². The highest BCUT2D eigenvalue weighted by molar-refractivity contribution is 7.91. The van der Waals surface area contributed by atoms with E-state index in [4.69, 9.17) is 0 Å². The van der Waals surface area contributed by atoms with Crippen molar-refractivity contribution >= 4 is 33.0 Å². The fraction of sp³-hybridized carbons (Fsp3) is 0.312. The number of hydrogen-bond donors (Lipinski definition) is 1. The molecule has 23 heavy (non-hydrogen) atoms. The molecule has 1 heterocycles. The number of carbonyl (C=O) groups excluding carboxylic acids is 1. The van der Waals surface area contributed by atoms with E-state index in [1.807, 2.05) is 31.2 Å². The van der Waals surface area contributed by atoms with Gasteiger partial charge in [0.25, 0.3) is 10.0 Å². The summed E-state index contributed by atoms with van der Waals surface area (Å²) in [6, 6.07) is 10.8. The van der Waals surface area contributed by atoms with Crippen LogP contribution in [0.25, 0.3) is 0 Å². The summed E-state index contributed by atoms with van der Waals surface area (Å²) >= 11 is 1.19. The van der Waals surface area contributed by atoms with Crippen molar-refractivity contribution in [3.05, 3.63) is 47.3 Å². The van der Waals surface area contributed by atoms with Crippen molar-refractivity contribution in [1.29, 1.82) is 0 Å². The van der Waals surface area contributed by atoms with Gasteiger partial charge in [-0.15, -0.1) is 11.3 Å². The zero-order chi connectivity index (χ0) is 16.9. The van der Waals surface area contributed by atoms with E-state index in [1.165, 1.54) is 22.7 Å². The molecular weight excluding hydrogens is 332 g/mol. The van der Waals surface area contributed by atoms with Gasteiger partial charge in [-0.25, -0.2) is 12.7 Å². The number of nitrogens with one attached hydrogen (secondary N) is 1. The van der Waals surface area contributed by atoms with Crippen LogP contribution < -0.4 is 5.32 Å². The number of hydrogen-bond acceptors (Lipinski definition) is 4. The first kappa shape index (κ1) is 17.7. The third kappa shape index (κ3) is 4.89. The van der Waals surface area contributed by atoms with Gasteiger partial charge in [0.15, 0.2) is 0 Å². The van der Waals surface area contributed by atoms with Crippen molar-refractivity contribution in [2.45, 2.75) is 24.0 Å². The largest absolute Gasteiger partial charge is 0.326 e. The van der Waals surface area contributed by atoms with Crippen molar-refractivity contribution in [2.24, 2.45) is 0 Å². The molecule has 0 radical (unpaired) electrons. The van der Waals surface area contributed by atoms with Crippen LogP contribution in [0.2, 0.25) is 0 Å².